The molecule has 0 fully saturated rings. The first kappa shape index (κ1) is 11.3. The molecule has 0 bridgehead atoms. The molecular formula is C10H11BrN2S2. The molecule has 2 aromatic heterocycles. The maximum atomic E-state index is 4.08. The van der Waals surface area contributed by atoms with Gasteiger partial charge in [-0.2, -0.15) is 0 Å². The quantitative estimate of drug-likeness (QED) is 0.929. The summed E-state index contributed by atoms with van der Waals surface area (Å²) in [4.78, 5) is 5.36. The van der Waals surface area contributed by atoms with Crippen LogP contribution in [0.1, 0.15) is 23.4 Å². The van der Waals surface area contributed by atoms with Crippen LogP contribution < -0.4 is 5.32 Å². The lowest BCUT2D eigenvalue weighted by atomic mass is 10.2. The predicted molar refractivity (Wildman–Crippen MR) is 69.4 cm³/mol. The summed E-state index contributed by atoms with van der Waals surface area (Å²) in [5.41, 5.74) is 3.19. The molecule has 80 valence electrons. The van der Waals surface area contributed by atoms with Crippen LogP contribution in [0.4, 0.5) is 0 Å². The minimum atomic E-state index is 0.371. The zero-order valence-corrected chi connectivity index (χ0v) is 11.5. The Balaban J connectivity index is 1.88. The number of thiazole rings is 1. The number of nitrogens with one attached hydrogen (secondary N) is 1. The molecule has 5 heteroatoms. The fourth-order valence-electron chi connectivity index (χ4n) is 1.25. The van der Waals surface area contributed by atoms with E-state index in [0.29, 0.717) is 6.04 Å². The average molecular weight is 303 g/mol. The average Bonchev–Trinajstić information content (AvgIpc) is 2.84. The molecular weight excluding hydrogens is 292 g/mol. The van der Waals surface area contributed by atoms with Gasteiger partial charge in [-0.15, -0.1) is 22.7 Å². The molecule has 0 saturated carbocycles. The SMILES string of the molecule is CC(NCc1csc(Br)c1)c1cncs1. The molecule has 1 N–H and O–H groups in total. The minimum Gasteiger partial charge on any atom is -0.305 e. The Bertz CT molecular complexity index is 411. The van der Waals surface area contributed by atoms with Gasteiger partial charge in [0.05, 0.1) is 9.30 Å². The lowest BCUT2D eigenvalue weighted by Crippen LogP contribution is -2.16. The van der Waals surface area contributed by atoms with Crippen molar-refractivity contribution in [2.24, 2.45) is 0 Å². The van der Waals surface area contributed by atoms with E-state index in [1.54, 1.807) is 22.7 Å². The highest BCUT2D eigenvalue weighted by atomic mass is 79.9. The first-order chi connectivity index (χ1) is 7.25. The third-order valence-corrected chi connectivity index (χ3v) is 4.62. The fraction of sp³-hybridized carbons (Fsp3) is 0.300. The summed E-state index contributed by atoms with van der Waals surface area (Å²) >= 11 is 6.87. The van der Waals surface area contributed by atoms with Gasteiger partial charge in [-0.25, -0.2) is 0 Å². The van der Waals surface area contributed by atoms with E-state index >= 15 is 0 Å². The summed E-state index contributed by atoms with van der Waals surface area (Å²) < 4.78 is 1.18. The van der Waals surface area contributed by atoms with Gasteiger partial charge in [-0.05, 0) is 39.9 Å². The molecule has 0 spiro atoms. The minimum absolute atomic E-state index is 0.371. The fourth-order valence-corrected chi connectivity index (χ4v) is 3.11. The summed E-state index contributed by atoms with van der Waals surface area (Å²) in [6.07, 6.45) is 1.92. The number of hydrogen-bond donors (Lipinski definition) is 1. The molecule has 2 rings (SSSR count). The van der Waals surface area contributed by atoms with Crippen molar-refractivity contribution in [2.75, 3.05) is 0 Å². The molecule has 2 aromatic rings. The molecule has 1 unspecified atom stereocenters. The molecule has 0 amide bonds. The Kier molecular flexibility index (Phi) is 3.91. The maximum Gasteiger partial charge on any atom is 0.0794 e. The molecule has 2 heterocycles. The first-order valence-corrected chi connectivity index (χ1v) is 7.15. The first-order valence-electron chi connectivity index (χ1n) is 4.60. The van der Waals surface area contributed by atoms with E-state index in [9.17, 15) is 0 Å². The van der Waals surface area contributed by atoms with Gasteiger partial charge in [-0.3, -0.25) is 4.98 Å². The third-order valence-electron chi connectivity index (χ3n) is 2.11. The highest BCUT2D eigenvalue weighted by Gasteiger charge is 2.06. The number of hydrogen-bond acceptors (Lipinski definition) is 4. The van der Waals surface area contributed by atoms with Gasteiger partial charge in [0.15, 0.2) is 0 Å². The van der Waals surface area contributed by atoms with Crippen LogP contribution in [0.3, 0.4) is 0 Å². The Morgan fingerprint density at radius 3 is 3.00 bits per heavy atom. The van der Waals surface area contributed by atoms with E-state index in [2.05, 4.69) is 44.6 Å². The van der Waals surface area contributed by atoms with Crippen LogP contribution in [0.2, 0.25) is 0 Å². The summed E-state index contributed by atoms with van der Waals surface area (Å²) in [5.74, 6) is 0. The number of rotatable bonds is 4. The van der Waals surface area contributed by atoms with Crippen LogP contribution in [0.25, 0.3) is 0 Å². The van der Waals surface area contributed by atoms with Gasteiger partial charge in [-0.1, -0.05) is 0 Å². The Morgan fingerprint density at radius 1 is 1.53 bits per heavy atom. The number of aromatic nitrogens is 1. The zero-order chi connectivity index (χ0) is 10.7. The van der Waals surface area contributed by atoms with Gasteiger partial charge in [0, 0.05) is 23.7 Å². The third kappa shape index (κ3) is 3.11. The van der Waals surface area contributed by atoms with E-state index in [-0.39, 0.29) is 0 Å². The standard InChI is InChI=1S/C10H11BrN2S2/c1-7(9-4-12-6-15-9)13-3-8-2-10(11)14-5-8/h2,4-7,13H,3H2,1H3. The van der Waals surface area contributed by atoms with Crippen LogP contribution in [0, 0.1) is 0 Å². The van der Waals surface area contributed by atoms with Gasteiger partial charge >= 0.3 is 0 Å². The molecule has 15 heavy (non-hydrogen) atoms. The van der Waals surface area contributed by atoms with Gasteiger partial charge in [0.2, 0.25) is 0 Å². The van der Waals surface area contributed by atoms with Crippen molar-refractivity contribution in [1.82, 2.24) is 10.3 Å². The second-order valence-corrected chi connectivity index (χ2v) is 6.47. The monoisotopic (exact) mass is 302 g/mol. The van der Waals surface area contributed by atoms with E-state index in [0.717, 1.165) is 6.54 Å². The Morgan fingerprint density at radius 2 is 2.40 bits per heavy atom. The van der Waals surface area contributed by atoms with E-state index < -0.39 is 0 Å². The summed E-state index contributed by atoms with van der Waals surface area (Å²) in [7, 11) is 0. The molecule has 0 saturated heterocycles. The van der Waals surface area contributed by atoms with Gasteiger partial charge in [0.25, 0.3) is 0 Å². The second-order valence-electron chi connectivity index (χ2n) is 3.27. The highest BCUT2D eigenvalue weighted by molar-refractivity contribution is 9.11. The van der Waals surface area contributed by atoms with E-state index in [4.69, 9.17) is 0 Å². The van der Waals surface area contributed by atoms with Crippen LogP contribution in [-0.2, 0) is 6.54 Å². The molecule has 0 radical (unpaired) electrons. The molecule has 0 aliphatic rings. The van der Waals surface area contributed by atoms with Crippen molar-refractivity contribution >= 4 is 38.6 Å². The van der Waals surface area contributed by atoms with Crippen molar-refractivity contribution in [1.29, 1.82) is 0 Å². The molecule has 0 aliphatic carbocycles. The second kappa shape index (κ2) is 5.21. The van der Waals surface area contributed by atoms with Crippen molar-refractivity contribution in [3.05, 3.63) is 37.4 Å². The van der Waals surface area contributed by atoms with Crippen molar-refractivity contribution in [3.63, 3.8) is 0 Å². The summed E-state index contributed by atoms with van der Waals surface area (Å²) in [6, 6.07) is 2.52. The normalized spacial score (nSPS) is 12.9. The smallest absolute Gasteiger partial charge is 0.0794 e. The van der Waals surface area contributed by atoms with Crippen LogP contribution in [0.15, 0.2) is 26.9 Å². The summed E-state index contributed by atoms with van der Waals surface area (Å²) in [5, 5.41) is 5.63. The highest BCUT2D eigenvalue weighted by Crippen LogP contribution is 2.22. The van der Waals surface area contributed by atoms with Crippen molar-refractivity contribution in [3.8, 4) is 0 Å². The molecule has 0 aromatic carbocycles. The lowest BCUT2D eigenvalue weighted by molar-refractivity contribution is 0.583. The largest absolute Gasteiger partial charge is 0.305 e. The Labute approximate surface area is 106 Å². The number of nitrogens with zero attached hydrogens (tertiary/aromatic N) is 1. The van der Waals surface area contributed by atoms with Gasteiger partial charge < -0.3 is 5.32 Å². The summed E-state index contributed by atoms with van der Waals surface area (Å²) in [6.45, 7) is 3.07. The zero-order valence-electron chi connectivity index (χ0n) is 8.24. The van der Waals surface area contributed by atoms with Crippen molar-refractivity contribution in [2.45, 2.75) is 19.5 Å². The Hall–Kier alpha value is -0.230. The van der Waals surface area contributed by atoms with Gasteiger partial charge in [0.1, 0.15) is 0 Å². The van der Waals surface area contributed by atoms with E-state index in [1.807, 2.05) is 11.7 Å². The predicted octanol–water partition coefficient (Wildman–Crippen LogP) is 3.82. The molecule has 0 aliphatic heterocycles. The topological polar surface area (TPSA) is 24.9 Å². The van der Waals surface area contributed by atoms with Crippen LogP contribution in [-0.4, -0.2) is 4.98 Å². The maximum absolute atomic E-state index is 4.08. The van der Waals surface area contributed by atoms with Crippen LogP contribution in [0.5, 0.6) is 0 Å². The number of halogens is 1. The lowest BCUT2D eigenvalue weighted by Gasteiger charge is -2.10. The van der Waals surface area contributed by atoms with E-state index in [1.165, 1.54) is 14.2 Å². The van der Waals surface area contributed by atoms with Crippen molar-refractivity contribution < 1.29 is 0 Å². The number of thiophene rings is 1. The molecule has 2 nitrogen and oxygen atoms in total. The molecule has 1 atom stereocenters. The van der Waals surface area contributed by atoms with Crippen LogP contribution >= 0.6 is 38.6 Å².